The summed E-state index contributed by atoms with van der Waals surface area (Å²) in [4.78, 5) is 8.06. The Labute approximate surface area is 88.0 Å². The van der Waals surface area contributed by atoms with Crippen molar-refractivity contribution in [2.45, 2.75) is 6.92 Å². The van der Waals surface area contributed by atoms with Gasteiger partial charge >= 0.3 is 0 Å². The number of rotatable bonds is 1. The Morgan fingerprint density at radius 2 is 1.87 bits per heavy atom. The van der Waals surface area contributed by atoms with Crippen LogP contribution in [-0.2, 0) is 0 Å². The Bertz CT molecular complexity index is 494. The summed E-state index contributed by atoms with van der Waals surface area (Å²) in [5.41, 5.74) is 14.3. The molecular weight excluding hydrogens is 188 g/mol. The Morgan fingerprint density at radius 3 is 2.53 bits per heavy atom. The highest BCUT2D eigenvalue weighted by Gasteiger charge is 2.06. The van der Waals surface area contributed by atoms with E-state index in [0.29, 0.717) is 11.6 Å². The van der Waals surface area contributed by atoms with Gasteiger partial charge in [0.2, 0.25) is 0 Å². The van der Waals surface area contributed by atoms with Gasteiger partial charge in [-0.15, -0.1) is 0 Å². The largest absolute Gasteiger partial charge is 0.384 e. The van der Waals surface area contributed by atoms with Gasteiger partial charge in [-0.3, -0.25) is 4.98 Å². The van der Waals surface area contributed by atoms with E-state index in [1.54, 1.807) is 18.5 Å². The van der Waals surface area contributed by atoms with Crippen molar-refractivity contribution in [2.75, 3.05) is 11.5 Å². The zero-order chi connectivity index (χ0) is 10.8. The summed E-state index contributed by atoms with van der Waals surface area (Å²) in [5, 5.41) is 0. The van der Waals surface area contributed by atoms with Crippen LogP contribution < -0.4 is 11.5 Å². The molecule has 2 rings (SSSR count). The van der Waals surface area contributed by atoms with Crippen LogP contribution in [0.3, 0.4) is 0 Å². The molecule has 2 heterocycles. The lowest BCUT2D eigenvalue weighted by atomic mass is 10.0. The summed E-state index contributed by atoms with van der Waals surface area (Å²) >= 11 is 0. The molecule has 2 aromatic rings. The first-order valence-corrected chi connectivity index (χ1v) is 4.61. The van der Waals surface area contributed by atoms with Crippen LogP contribution in [0.1, 0.15) is 5.56 Å². The van der Waals surface area contributed by atoms with E-state index in [-0.39, 0.29) is 0 Å². The normalized spacial score (nSPS) is 10.2. The minimum atomic E-state index is 0.433. The standard InChI is InChI=1S/C11H12N4/c1-7-6-14-5-4-8(7)9-2-3-10(12)15-11(9)13/h2-6H,1H3,(H4,12,13,15). The molecule has 0 amide bonds. The predicted octanol–water partition coefficient (Wildman–Crippen LogP) is 1.62. The lowest BCUT2D eigenvalue weighted by molar-refractivity contribution is 1.26. The molecule has 0 aliphatic heterocycles. The quantitative estimate of drug-likeness (QED) is 0.733. The molecule has 0 spiro atoms. The van der Waals surface area contributed by atoms with E-state index in [2.05, 4.69) is 9.97 Å². The molecule has 0 radical (unpaired) electrons. The van der Waals surface area contributed by atoms with Gasteiger partial charge in [0.05, 0.1) is 0 Å². The summed E-state index contributed by atoms with van der Waals surface area (Å²) in [6, 6.07) is 5.53. The lowest BCUT2D eigenvalue weighted by Crippen LogP contribution is -1.99. The monoisotopic (exact) mass is 200 g/mol. The van der Waals surface area contributed by atoms with Crippen LogP contribution in [0, 0.1) is 6.92 Å². The molecule has 0 fully saturated rings. The van der Waals surface area contributed by atoms with Crippen molar-refractivity contribution in [1.82, 2.24) is 9.97 Å². The van der Waals surface area contributed by atoms with Crippen LogP contribution in [0.2, 0.25) is 0 Å². The Balaban J connectivity index is 2.60. The van der Waals surface area contributed by atoms with Gasteiger partial charge in [0, 0.05) is 18.0 Å². The van der Waals surface area contributed by atoms with E-state index in [1.807, 2.05) is 19.1 Å². The Morgan fingerprint density at radius 1 is 1.07 bits per heavy atom. The van der Waals surface area contributed by atoms with Crippen LogP contribution in [0.15, 0.2) is 30.6 Å². The molecule has 76 valence electrons. The van der Waals surface area contributed by atoms with Gasteiger partial charge in [0.15, 0.2) is 0 Å². The third kappa shape index (κ3) is 1.74. The van der Waals surface area contributed by atoms with Crippen LogP contribution in [-0.4, -0.2) is 9.97 Å². The van der Waals surface area contributed by atoms with Crippen molar-refractivity contribution < 1.29 is 0 Å². The third-order valence-electron chi connectivity index (χ3n) is 2.26. The van der Waals surface area contributed by atoms with E-state index in [9.17, 15) is 0 Å². The molecule has 0 aromatic carbocycles. The highest BCUT2D eigenvalue weighted by atomic mass is 14.9. The second kappa shape index (κ2) is 3.57. The Kier molecular flexibility index (Phi) is 2.25. The first-order chi connectivity index (χ1) is 7.18. The van der Waals surface area contributed by atoms with E-state index in [1.165, 1.54) is 0 Å². The molecule has 0 aliphatic carbocycles. The highest BCUT2D eigenvalue weighted by molar-refractivity contribution is 5.76. The van der Waals surface area contributed by atoms with E-state index in [4.69, 9.17) is 11.5 Å². The zero-order valence-corrected chi connectivity index (χ0v) is 8.44. The zero-order valence-electron chi connectivity index (χ0n) is 8.44. The number of nitrogens with two attached hydrogens (primary N) is 2. The number of pyridine rings is 2. The number of aromatic nitrogens is 2. The summed E-state index contributed by atoms with van der Waals surface area (Å²) in [6.45, 7) is 1.98. The molecule has 2 aromatic heterocycles. The van der Waals surface area contributed by atoms with E-state index < -0.39 is 0 Å². The van der Waals surface area contributed by atoms with Crippen LogP contribution in [0.4, 0.5) is 11.6 Å². The molecule has 0 bridgehead atoms. The predicted molar refractivity (Wildman–Crippen MR) is 61.0 cm³/mol. The van der Waals surface area contributed by atoms with Crippen molar-refractivity contribution in [3.8, 4) is 11.1 Å². The van der Waals surface area contributed by atoms with Gasteiger partial charge in [0.25, 0.3) is 0 Å². The maximum absolute atomic E-state index is 5.81. The number of hydrogen-bond donors (Lipinski definition) is 2. The van der Waals surface area contributed by atoms with Gasteiger partial charge in [-0.05, 0) is 36.2 Å². The van der Waals surface area contributed by atoms with Crippen molar-refractivity contribution in [3.05, 3.63) is 36.2 Å². The molecule has 0 saturated carbocycles. The molecule has 4 heteroatoms. The maximum atomic E-state index is 5.81. The minimum absolute atomic E-state index is 0.433. The second-order valence-corrected chi connectivity index (χ2v) is 3.36. The van der Waals surface area contributed by atoms with Crippen LogP contribution in [0.5, 0.6) is 0 Å². The van der Waals surface area contributed by atoms with Crippen molar-refractivity contribution in [3.63, 3.8) is 0 Å². The molecule has 4 N–H and O–H groups in total. The first-order valence-electron chi connectivity index (χ1n) is 4.61. The summed E-state index contributed by atoms with van der Waals surface area (Å²) < 4.78 is 0. The molecule has 0 saturated heterocycles. The SMILES string of the molecule is Cc1cnccc1-c1ccc(N)nc1N. The fourth-order valence-electron chi connectivity index (χ4n) is 1.49. The highest BCUT2D eigenvalue weighted by Crippen LogP contribution is 2.27. The maximum Gasteiger partial charge on any atom is 0.133 e. The Hall–Kier alpha value is -2.10. The van der Waals surface area contributed by atoms with E-state index >= 15 is 0 Å². The molecule has 0 aliphatic rings. The van der Waals surface area contributed by atoms with E-state index in [0.717, 1.165) is 16.7 Å². The van der Waals surface area contributed by atoms with Crippen molar-refractivity contribution in [2.24, 2.45) is 0 Å². The van der Waals surface area contributed by atoms with Crippen molar-refractivity contribution >= 4 is 11.6 Å². The van der Waals surface area contributed by atoms with Crippen LogP contribution >= 0.6 is 0 Å². The summed E-state index contributed by atoms with van der Waals surface area (Å²) in [7, 11) is 0. The smallest absolute Gasteiger partial charge is 0.133 e. The second-order valence-electron chi connectivity index (χ2n) is 3.36. The molecule has 4 nitrogen and oxygen atoms in total. The summed E-state index contributed by atoms with van der Waals surface area (Å²) in [5.74, 6) is 0.882. The van der Waals surface area contributed by atoms with Gasteiger partial charge in [-0.25, -0.2) is 4.98 Å². The first kappa shape index (κ1) is 9.45. The van der Waals surface area contributed by atoms with Gasteiger partial charge in [-0.2, -0.15) is 0 Å². The minimum Gasteiger partial charge on any atom is -0.384 e. The van der Waals surface area contributed by atoms with Gasteiger partial charge < -0.3 is 11.5 Å². The summed E-state index contributed by atoms with van der Waals surface area (Å²) in [6.07, 6.45) is 3.53. The fourth-order valence-corrected chi connectivity index (χ4v) is 1.49. The lowest BCUT2D eigenvalue weighted by Gasteiger charge is -2.07. The molecular formula is C11H12N4. The number of hydrogen-bond acceptors (Lipinski definition) is 4. The van der Waals surface area contributed by atoms with Gasteiger partial charge in [0.1, 0.15) is 11.6 Å². The topological polar surface area (TPSA) is 77.8 Å². The average molecular weight is 200 g/mol. The van der Waals surface area contributed by atoms with Crippen molar-refractivity contribution in [1.29, 1.82) is 0 Å². The average Bonchev–Trinajstić information content (AvgIpc) is 2.20. The van der Waals surface area contributed by atoms with Gasteiger partial charge in [-0.1, -0.05) is 0 Å². The molecule has 0 unspecified atom stereocenters. The molecule has 0 atom stereocenters. The fraction of sp³-hybridized carbons (Fsp3) is 0.0909. The molecule has 15 heavy (non-hydrogen) atoms. The number of aryl methyl sites for hydroxylation is 1. The van der Waals surface area contributed by atoms with Crippen LogP contribution in [0.25, 0.3) is 11.1 Å². The number of anilines is 2. The number of nitrogen functional groups attached to an aromatic ring is 2. The number of nitrogens with zero attached hydrogens (tertiary/aromatic N) is 2. The third-order valence-corrected chi connectivity index (χ3v) is 2.26.